The molecule has 0 aliphatic heterocycles. The summed E-state index contributed by atoms with van der Waals surface area (Å²) in [6, 6.07) is 9.60. The van der Waals surface area contributed by atoms with Gasteiger partial charge in [0.25, 0.3) is 0 Å². The molecule has 0 heterocycles. The van der Waals surface area contributed by atoms with Gasteiger partial charge in [0.05, 0.1) is 14.2 Å². The molecule has 5 heteroatoms. The third kappa shape index (κ3) is 10.7. The van der Waals surface area contributed by atoms with E-state index in [1.165, 1.54) is 71.4 Å². The summed E-state index contributed by atoms with van der Waals surface area (Å²) in [6.07, 6.45) is 12.2. The summed E-state index contributed by atoms with van der Waals surface area (Å²) < 4.78 is 11.5. The van der Waals surface area contributed by atoms with E-state index in [4.69, 9.17) is 9.47 Å². The number of allylic oxidation sites excluding steroid dienone is 4. The fourth-order valence-electron chi connectivity index (χ4n) is 7.59. The predicted molar refractivity (Wildman–Crippen MR) is 204 cm³/mol. The van der Waals surface area contributed by atoms with Gasteiger partial charge < -0.3 is 24.3 Å². The number of benzene rings is 2. The molecule has 2 aromatic rings. The van der Waals surface area contributed by atoms with Gasteiger partial charge >= 0.3 is 17.1 Å². The second-order valence-corrected chi connectivity index (χ2v) is 20.6. The van der Waals surface area contributed by atoms with Crippen LogP contribution in [-0.2, 0) is 17.1 Å². The Morgan fingerprint density at radius 1 is 0.644 bits per heavy atom. The van der Waals surface area contributed by atoms with Gasteiger partial charge in [-0.25, -0.2) is 0 Å². The minimum Gasteiger partial charge on any atom is -0.496 e. The van der Waals surface area contributed by atoms with Gasteiger partial charge in [-0.05, 0) is 153 Å². The second-order valence-electron chi connectivity index (χ2n) is 14.2. The number of methoxy groups -OCH3 is 2. The van der Waals surface area contributed by atoms with Gasteiger partial charge in [-0.1, -0.05) is 74.1 Å². The summed E-state index contributed by atoms with van der Waals surface area (Å²) >= 11 is 0. The maximum Gasteiger partial charge on any atom is 2.00 e. The quantitative estimate of drug-likeness (QED) is 0.124. The maximum atomic E-state index is 5.76. The molecule has 0 spiro atoms. The van der Waals surface area contributed by atoms with E-state index in [-0.39, 0.29) is 39.8 Å². The van der Waals surface area contributed by atoms with Crippen LogP contribution in [0.2, 0.25) is 0 Å². The Bertz CT molecular complexity index is 1170. The van der Waals surface area contributed by atoms with Crippen LogP contribution in [0.3, 0.4) is 0 Å². The summed E-state index contributed by atoms with van der Waals surface area (Å²) in [6.45, 7) is 26.1. The Labute approximate surface area is 292 Å². The number of hydrogen-bond donors (Lipinski definition) is 0. The van der Waals surface area contributed by atoms with Crippen molar-refractivity contribution >= 4 is 26.5 Å². The molecule has 0 fully saturated rings. The minimum absolute atomic E-state index is 0. The van der Waals surface area contributed by atoms with E-state index >= 15 is 0 Å². The monoisotopic (exact) mass is 694 g/mol. The number of aryl methyl sites for hydroxylation is 4. The van der Waals surface area contributed by atoms with Crippen molar-refractivity contribution in [3.8, 4) is 11.5 Å². The SMILES string of the molecule is C1=CCCC1.COc1c(C)cc(P(C2=C([C@H](C)P(C(C)(C)C)C(C)(C)C)CCC2)c2cc(C)c(OC)c(C)c2)cc1C.[CH3-].[CH3-].[Fe+2]. The van der Waals surface area contributed by atoms with Crippen LogP contribution in [-0.4, -0.2) is 30.2 Å². The van der Waals surface area contributed by atoms with E-state index in [0.29, 0.717) is 16.0 Å². The van der Waals surface area contributed by atoms with Crippen molar-refractivity contribution in [2.75, 3.05) is 14.2 Å². The normalized spacial score (nSPS) is 15.2. The van der Waals surface area contributed by atoms with E-state index < -0.39 is 7.92 Å². The molecular formula is C40H64FeO2P2. The van der Waals surface area contributed by atoms with E-state index in [1.54, 1.807) is 25.1 Å². The van der Waals surface area contributed by atoms with E-state index in [0.717, 1.165) is 11.5 Å². The Morgan fingerprint density at radius 3 is 1.31 bits per heavy atom. The number of ether oxygens (including phenoxy) is 2. The molecule has 0 saturated carbocycles. The molecule has 0 saturated heterocycles. The zero-order valence-corrected chi connectivity index (χ0v) is 34.2. The zero-order chi connectivity index (χ0) is 31.4. The molecule has 2 aromatic carbocycles. The van der Waals surface area contributed by atoms with Crippen molar-refractivity contribution in [1.29, 1.82) is 0 Å². The molecular weight excluding hydrogens is 630 g/mol. The topological polar surface area (TPSA) is 18.5 Å². The molecule has 0 N–H and O–H groups in total. The van der Waals surface area contributed by atoms with Gasteiger partial charge in [-0.3, -0.25) is 0 Å². The summed E-state index contributed by atoms with van der Waals surface area (Å²) in [7, 11) is 2.70. The smallest absolute Gasteiger partial charge is 0.496 e. The van der Waals surface area contributed by atoms with Crippen LogP contribution in [0.5, 0.6) is 11.5 Å². The zero-order valence-electron chi connectivity index (χ0n) is 31.3. The molecule has 0 unspecified atom stereocenters. The first-order valence-electron chi connectivity index (χ1n) is 15.9. The van der Waals surface area contributed by atoms with Crippen LogP contribution in [0, 0.1) is 42.5 Å². The summed E-state index contributed by atoms with van der Waals surface area (Å²) in [5.74, 6) is 2.03. The molecule has 0 amide bonds. The van der Waals surface area contributed by atoms with Crippen molar-refractivity contribution in [3.05, 3.63) is 84.4 Å². The third-order valence-corrected chi connectivity index (χ3v) is 15.1. The summed E-state index contributed by atoms with van der Waals surface area (Å²) in [5.41, 5.74) is 7.27. The van der Waals surface area contributed by atoms with E-state index in [9.17, 15) is 0 Å². The molecule has 1 atom stereocenters. The third-order valence-electron chi connectivity index (χ3n) is 8.56. The molecule has 2 aliphatic rings. The van der Waals surface area contributed by atoms with Crippen LogP contribution in [0.1, 0.15) is 109 Å². The molecule has 0 aromatic heterocycles. The van der Waals surface area contributed by atoms with Gasteiger partial charge in [-0.15, -0.1) is 0 Å². The van der Waals surface area contributed by atoms with Gasteiger partial charge in [0.1, 0.15) is 11.5 Å². The van der Waals surface area contributed by atoms with Crippen LogP contribution in [0.4, 0.5) is 0 Å². The Hall–Kier alpha value is -1.10. The fourth-order valence-corrected chi connectivity index (χ4v) is 15.8. The van der Waals surface area contributed by atoms with Gasteiger partial charge in [0.15, 0.2) is 0 Å². The van der Waals surface area contributed by atoms with Crippen molar-refractivity contribution in [3.63, 3.8) is 0 Å². The molecule has 45 heavy (non-hydrogen) atoms. The largest absolute Gasteiger partial charge is 2.00 e. The first-order chi connectivity index (χ1) is 19.6. The summed E-state index contributed by atoms with van der Waals surface area (Å²) in [5, 5.41) is 5.23. The summed E-state index contributed by atoms with van der Waals surface area (Å²) in [4.78, 5) is 0. The molecule has 4 rings (SSSR count). The van der Waals surface area contributed by atoms with Crippen molar-refractivity contribution in [2.24, 2.45) is 0 Å². The van der Waals surface area contributed by atoms with Gasteiger partial charge in [0, 0.05) is 0 Å². The molecule has 254 valence electrons. The number of rotatable bonds is 7. The van der Waals surface area contributed by atoms with Crippen LogP contribution in [0.25, 0.3) is 0 Å². The Morgan fingerprint density at radius 2 is 1.02 bits per heavy atom. The maximum absolute atomic E-state index is 5.76. The van der Waals surface area contributed by atoms with Crippen LogP contribution in [0.15, 0.2) is 47.3 Å². The van der Waals surface area contributed by atoms with Crippen molar-refractivity contribution < 1.29 is 26.5 Å². The first-order valence-corrected chi connectivity index (χ1v) is 18.6. The van der Waals surface area contributed by atoms with Crippen molar-refractivity contribution in [1.82, 2.24) is 0 Å². The number of hydrogen-bond acceptors (Lipinski definition) is 2. The average Bonchev–Trinajstić information content (AvgIpc) is 3.58. The average molecular weight is 695 g/mol. The minimum atomic E-state index is -0.641. The van der Waals surface area contributed by atoms with Gasteiger partial charge in [0.2, 0.25) is 0 Å². The van der Waals surface area contributed by atoms with Gasteiger partial charge in [-0.2, -0.15) is 0 Å². The van der Waals surface area contributed by atoms with E-state index in [1.807, 2.05) is 0 Å². The first kappa shape index (κ1) is 43.9. The Kier molecular flexibility index (Phi) is 18.0. The molecule has 0 bridgehead atoms. The molecule has 0 radical (unpaired) electrons. The molecule has 2 nitrogen and oxygen atoms in total. The van der Waals surface area contributed by atoms with Crippen LogP contribution < -0.4 is 20.1 Å². The van der Waals surface area contributed by atoms with E-state index in [2.05, 4.69) is 113 Å². The van der Waals surface area contributed by atoms with Crippen molar-refractivity contribution in [2.45, 2.75) is 131 Å². The fraction of sp³-hybridized carbons (Fsp3) is 0.550. The van der Waals surface area contributed by atoms with Crippen LogP contribution >= 0.6 is 15.8 Å². The molecule has 2 aliphatic carbocycles. The predicted octanol–water partition coefficient (Wildman–Crippen LogP) is 11.9. The standard InChI is InChI=1S/C33H50O2P2.C5H8.2CH3.Fe/c1-21-17-26(18-22(2)30(21)34-12)36(27-19-23(3)31(35-13)24(4)20-27)29-16-14-15-28(29)25(5)37(32(6,7)8)33(9,10)11;1-2-4-5-3-1;;;/h17-20,25H,14-16H2,1-13H3;1-2H,3-5H2;2*1H3;/q;;2*-1;+2/t25-;;;;/m0..../s1. The Balaban J connectivity index is 0.00000220. The second kappa shape index (κ2) is 18.4.